The molecular weight excluding hydrogens is 228 g/mol. The van der Waals surface area contributed by atoms with Gasteiger partial charge in [-0.25, -0.2) is 9.67 Å². The van der Waals surface area contributed by atoms with E-state index in [-0.39, 0.29) is 11.9 Å². The van der Waals surface area contributed by atoms with Crippen molar-refractivity contribution in [1.29, 1.82) is 0 Å². The summed E-state index contributed by atoms with van der Waals surface area (Å²) in [5, 5.41) is 7.37. The van der Waals surface area contributed by atoms with Crippen molar-refractivity contribution in [2.75, 3.05) is 0 Å². The first-order valence-electron chi connectivity index (χ1n) is 6.27. The maximum Gasteiger partial charge on any atom is 0.296 e. The van der Waals surface area contributed by atoms with E-state index < -0.39 is 0 Å². The Morgan fingerprint density at radius 1 is 1.56 bits per heavy atom. The fourth-order valence-corrected chi connectivity index (χ4v) is 2.03. The molecule has 0 aromatic carbocycles. The van der Waals surface area contributed by atoms with Crippen LogP contribution in [0.5, 0.6) is 0 Å². The second kappa shape index (κ2) is 5.21. The fourth-order valence-electron chi connectivity index (χ4n) is 2.03. The Kier molecular flexibility index (Phi) is 3.66. The van der Waals surface area contributed by atoms with Gasteiger partial charge >= 0.3 is 0 Å². The lowest BCUT2D eigenvalue weighted by molar-refractivity contribution is -0.116. The molecule has 0 bridgehead atoms. The molecule has 0 saturated carbocycles. The van der Waals surface area contributed by atoms with E-state index in [1.54, 1.807) is 6.92 Å². The summed E-state index contributed by atoms with van der Waals surface area (Å²) in [5.74, 6) is 7.11. The van der Waals surface area contributed by atoms with Crippen LogP contribution in [0.4, 0.5) is 0 Å². The van der Waals surface area contributed by atoms with Crippen molar-refractivity contribution in [1.82, 2.24) is 20.1 Å². The number of aryl methyl sites for hydroxylation is 1. The van der Waals surface area contributed by atoms with Crippen molar-refractivity contribution in [3.05, 3.63) is 11.6 Å². The third-order valence-corrected chi connectivity index (χ3v) is 2.96. The number of carbonyl (C=O) groups is 1. The van der Waals surface area contributed by atoms with E-state index in [9.17, 15) is 4.79 Å². The van der Waals surface area contributed by atoms with Crippen LogP contribution in [0, 0.1) is 11.8 Å². The lowest BCUT2D eigenvalue weighted by atomic mass is 10.1. The third kappa shape index (κ3) is 2.70. The van der Waals surface area contributed by atoms with Crippen LogP contribution in [0.3, 0.4) is 0 Å². The van der Waals surface area contributed by atoms with Gasteiger partial charge in [-0.05, 0) is 19.3 Å². The van der Waals surface area contributed by atoms with Gasteiger partial charge in [0.1, 0.15) is 5.82 Å². The van der Waals surface area contributed by atoms with Gasteiger partial charge in [0.05, 0.1) is 6.54 Å². The largest absolute Gasteiger partial charge is 0.341 e. The molecule has 1 unspecified atom stereocenters. The van der Waals surface area contributed by atoms with Gasteiger partial charge in [0.25, 0.3) is 5.91 Å². The highest BCUT2D eigenvalue weighted by Gasteiger charge is 2.23. The molecule has 0 radical (unpaired) electrons. The van der Waals surface area contributed by atoms with Crippen molar-refractivity contribution in [3.8, 4) is 11.8 Å². The molecule has 96 valence electrons. The summed E-state index contributed by atoms with van der Waals surface area (Å²) in [4.78, 5) is 15.9. The van der Waals surface area contributed by atoms with Gasteiger partial charge in [0, 0.05) is 18.4 Å². The molecule has 0 fully saturated rings. The Labute approximate surface area is 107 Å². The van der Waals surface area contributed by atoms with Gasteiger partial charge < -0.3 is 5.32 Å². The molecule has 1 atom stereocenters. The highest BCUT2D eigenvalue weighted by atomic mass is 16.1. The van der Waals surface area contributed by atoms with Gasteiger partial charge in [0.15, 0.2) is 5.82 Å². The maximum absolute atomic E-state index is 11.4. The van der Waals surface area contributed by atoms with E-state index in [0.717, 1.165) is 24.5 Å². The second-order valence-electron chi connectivity index (χ2n) is 4.81. The summed E-state index contributed by atoms with van der Waals surface area (Å²) in [5.41, 5.74) is 0. The van der Waals surface area contributed by atoms with Crippen LogP contribution in [0.2, 0.25) is 0 Å². The van der Waals surface area contributed by atoms with Crippen LogP contribution < -0.4 is 5.32 Å². The number of amides is 1. The normalized spacial score (nSPS) is 17.9. The summed E-state index contributed by atoms with van der Waals surface area (Å²) >= 11 is 0. The molecule has 0 spiro atoms. The van der Waals surface area contributed by atoms with Crippen molar-refractivity contribution in [2.45, 2.75) is 52.1 Å². The molecule has 5 nitrogen and oxygen atoms in total. The molecule has 2 rings (SSSR count). The highest BCUT2D eigenvalue weighted by molar-refractivity contribution is 5.93. The van der Waals surface area contributed by atoms with Crippen LogP contribution in [0.15, 0.2) is 0 Å². The number of aromatic nitrogens is 3. The number of nitrogens with zero attached hydrogens (tertiary/aromatic N) is 3. The van der Waals surface area contributed by atoms with Gasteiger partial charge in [-0.3, -0.25) is 4.79 Å². The lowest BCUT2D eigenvalue weighted by Crippen LogP contribution is -2.40. The second-order valence-corrected chi connectivity index (χ2v) is 4.81. The number of rotatable bonds is 2. The van der Waals surface area contributed by atoms with E-state index >= 15 is 0 Å². The van der Waals surface area contributed by atoms with Gasteiger partial charge in [-0.15, -0.1) is 0 Å². The number of carbonyl (C=O) groups excluding carboxylic acids is 1. The summed E-state index contributed by atoms with van der Waals surface area (Å²) in [6.45, 7) is 6.51. The number of nitrogens with one attached hydrogen (secondary N) is 1. The Hall–Kier alpha value is -1.83. The molecule has 1 aliphatic rings. The zero-order chi connectivity index (χ0) is 13.1. The van der Waals surface area contributed by atoms with Crippen molar-refractivity contribution in [3.63, 3.8) is 0 Å². The quantitative estimate of drug-likeness (QED) is 0.787. The first-order chi connectivity index (χ1) is 8.60. The summed E-state index contributed by atoms with van der Waals surface area (Å²) < 4.78 is 1.91. The predicted octanol–water partition coefficient (Wildman–Crippen LogP) is 0.856. The Balaban J connectivity index is 2.04. The number of hydrogen-bond acceptors (Lipinski definition) is 3. The Bertz CT molecular complexity index is 507. The van der Waals surface area contributed by atoms with Crippen LogP contribution in [0.25, 0.3) is 0 Å². The molecule has 1 aromatic heterocycles. The minimum absolute atomic E-state index is 0.104. The molecule has 2 heterocycles. The summed E-state index contributed by atoms with van der Waals surface area (Å²) in [6, 6.07) is 0.104. The molecule has 5 heteroatoms. The first-order valence-corrected chi connectivity index (χ1v) is 6.27. The van der Waals surface area contributed by atoms with Crippen molar-refractivity contribution >= 4 is 5.91 Å². The minimum Gasteiger partial charge on any atom is -0.341 e. The van der Waals surface area contributed by atoms with Crippen molar-refractivity contribution in [2.24, 2.45) is 0 Å². The van der Waals surface area contributed by atoms with E-state index in [4.69, 9.17) is 0 Å². The SMILES string of the molecule is CC#CC(=O)NC1CCc2nc(C(C)C)nn2C1. The zero-order valence-corrected chi connectivity index (χ0v) is 11.0. The fraction of sp³-hybridized carbons (Fsp3) is 0.615. The lowest BCUT2D eigenvalue weighted by Gasteiger charge is -2.22. The molecule has 18 heavy (non-hydrogen) atoms. The molecule has 1 amide bonds. The molecule has 0 saturated heterocycles. The molecular formula is C13H18N4O. The maximum atomic E-state index is 11.4. The van der Waals surface area contributed by atoms with E-state index in [1.165, 1.54) is 0 Å². The Morgan fingerprint density at radius 2 is 2.33 bits per heavy atom. The molecule has 1 N–H and O–H groups in total. The monoisotopic (exact) mass is 246 g/mol. The van der Waals surface area contributed by atoms with Crippen LogP contribution in [0.1, 0.15) is 44.8 Å². The number of fused-ring (bicyclic) bond motifs is 1. The predicted molar refractivity (Wildman–Crippen MR) is 67.8 cm³/mol. The summed E-state index contributed by atoms with van der Waals surface area (Å²) in [7, 11) is 0. The van der Waals surface area contributed by atoms with E-state index in [0.29, 0.717) is 12.5 Å². The topological polar surface area (TPSA) is 59.8 Å². The van der Waals surface area contributed by atoms with Crippen LogP contribution in [-0.4, -0.2) is 26.7 Å². The third-order valence-electron chi connectivity index (χ3n) is 2.96. The Morgan fingerprint density at radius 3 is 3.00 bits per heavy atom. The van der Waals surface area contributed by atoms with Crippen molar-refractivity contribution < 1.29 is 4.79 Å². The average Bonchev–Trinajstić information content (AvgIpc) is 2.72. The van der Waals surface area contributed by atoms with Gasteiger partial charge in [-0.2, -0.15) is 5.10 Å². The molecule has 0 aliphatic carbocycles. The van der Waals surface area contributed by atoms with Gasteiger partial charge in [0.2, 0.25) is 0 Å². The molecule has 1 aliphatic heterocycles. The van der Waals surface area contributed by atoms with E-state index in [2.05, 4.69) is 41.1 Å². The first kappa shape index (κ1) is 12.6. The summed E-state index contributed by atoms with van der Waals surface area (Å²) in [6.07, 6.45) is 1.75. The standard InChI is InChI=1S/C13H18N4O/c1-4-5-12(18)14-10-6-7-11-15-13(9(2)3)16-17(11)8-10/h9-10H,6-8H2,1-3H3,(H,14,18). The van der Waals surface area contributed by atoms with Crippen LogP contribution in [-0.2, 0) is 17.8 Å². The minimum atomic E-state index is -0.213. The van der Waals surface area contributed by atoms with E-state index in [1.807, 2.05) is 4.68 Å². The van der Waals surface area contributed by atoms with Gasteiger partial charge in [-0.1, -0.05) is 19.8 Å². The smallest absolute Gasteiger partial charge is 0.296 e. The van der Waals surface area contributed by atoms with Crippen LogP contribution >= 0.6 is 0 Å². The average molecular weight is 246 g/mol. The number of hydrogen-bond donors (Lipinski definition) is 1. The zero-order valence-electron chi connectivity index (χ0n) is 11.0. The molecule has 1 aromatic rings. The highest BCUT2D eigenvalue weighted by Crippen LogP contribution is 2.16.